The minimum Gasteiger partial charge on any atom is -0.399 e. The zero-order valence-electron chi connectivity index (χ0n) is 23.9. The number of rotatable bonds is 6. The van der Waals surface area contributed by atoms with Crippen molar-refractivity contribution in [2.75, 3.05) is 0 Å². The van der Waals surface area contributed by atoms with Crippen molar-refractivity contribution >= 4 is 29.8 Å². The van der Waals surface area contributed by atoms with E-state index in [1.165, 1.54) is 5.56 Å². The molecule has 0 spiro atoms. The molecule has 0 atom stereocenters. The van der Waals surface area contributed by atoms with E-state index in [2.05, 4.69) is 82.8 Å². The predicted octanol–water partition coefficient (Wildman–Crippen LogP) is 7.58. The Labute approximate surface area is 238 Å². The van der Waals surface area contributed by atoms with Crippen molar-refractivity contribution in [1.82, 2.24) is 0 Å². The molecule has 0 unspecified atom stereocenters. The first-order valence-corrected chi connectivity index (χ1v) is 13.6. The van der Waals surface area contributed by atoms with Crippen LogP contribution in [0.5, 0.6) is 0 Å². The number of benzene rings is 4. The third kappa shape index (κ3) is 5.91. The van der Waals surface area contributed by atoms with Gasteiger partial charge in [0.1, 0.15) is 0 Å². The van der Waals surface area contributed by atoms with E-state index in [1.807, 2.05) is 67.6 Å². The van der Waals surface area contributed by atoms with Gasteiger partial charge in [-0.2, -0.15) is 0 Å². The molecule has 4 nitrogen and oxygen atoms in total. The van der Waals surface area contributed by atoms with Gasteiger partial charge < -0.3 is 9.31 Å². The quantitative estimate of drug-likeness (QED) is 0.148. The smallest absolute Gasteiger partial charge is 0.399 e. The molecular formula is C35H35BN2O2. The molecule has 0 amide bonds. The fourth-order valence-electron chi connectivity index (χ4n) is 4.50. The summed E-state index contributed by atoms with van der Waals surface area (Å²) < 4.78 is 12.4. The fraction of sp³-hybridized carbons (Fsp3) is 0.200. The van der Waals surface area contributed by atoms with Gasteiger partial charge in [0.05, 0.1) is 16.9 Å². The molecule has 4 aromatic rings. The highest BCUT2D eigenvalue weighted by atomic mass is 16.7. The molecule has 0 bridgehead atoms. The average molecular weight is 526 g/mol. The summed E-state index contributed by atoms with van der Waals surface area (Å²) in [6.45, 7) is 14.5. The monoisotopic (exact) mass is 526 g/mol. The molecule has 200 valence electrons. The van der Waals surface area contributed by atoms with E-state index in [0.717, 1.165) is 33.4 Å². The molecule has 5 heteroatoms. The molecule has 1 saturated heterocycles. The molecule has 1 aliphatic rings. The Kier molecular flexibility index (Phi) is 7.71. The van der Waals surface area contributed by atoms with Gasteiger partial charge in [0.15, 0.2) is 5.84 Å². The van der Waals surface area contributed by atoms with Crippen LogP contribution in [0.1, 0.15) is 51.3 Å². The number of amidine groups is 1. The van der Waals surface area contributed by atoms with Crippen LogP contribution in [0.3, 0.4) is 0 Å². The molecule has 1 fully saturated rings. The first-order chi connectivity index (χ1) is 19.1. The fourth-order valence-corrected chi connectivity index (χ4v) is 4.50. The Balaban J connectivity index is 1.45. The first kappa shape index (κ1) is 27.5. The number of hydrogen-bond acceptors (Lipinski definition) is 3. The van der Waals surface area contributed by atoms with Crippen molar-refractivity contribution in [3.05, 3.63) is 132 Å². The van der Waals surface area contributed by atoms with E-state index in [0.29, 0.717) is 11.5 Å². The van der Waals surface area contributed by atoms with E-state index in [9.17, 15) is 0 Å². The summed E-state index contributed by atoms with van der Waals surface area (Å²) in [7, 11) is -0.410. The van der Waals surface area contributed by atoms with Crippen molar-refractivity contribution in [1.29, 1.82) is 0 Å². The maximum absolute atomic E-state index is 6.21. The van der Waals surface area contributed by atoms with Crippen molar-refractivity contribution in [3.8, 4) is 11.1 Å². The van der Waals surface area contributed by atoms with Gasteiger partial charge in [-0.15, -0.1) is 0 Å². The third-order valence-corrected chi connectivity index (χ3v) is 7.73. The van der Waals surface area contributed by atoms with Crippen LogP contribution in [0.4, 0.5) is 0 Å². The summed E-state index contributed by atoms with van der Waals surface area (Å²) in [4.78, 5) is 9.89. The molecule has 40 heavy (non-hydrogen) atoms. The Morgan fingerprint density at radius 1 is 0.600 bits per heavy atom. The van der Waals surface area contributed by atoms with Gasteiger partial charge in [-0.25, -0.2) is 9.98 Å². The van der Waals surface area contributed by atoms with E-state index < -0.39 is 7.12 Å². The standard InChI is InChI=1S/C35H35BN2O2/c1-25(27-13-9-7-10-14-27)37-33(31-19-17-30(18-20-31)29-15-11-8-12-16-29)38-26(2)28-21-23-32(24-22-28)36-39-34(3,4)35(5,6)40-36/h7-24H,2H2,1,3-6H3. The van der Waals surface area contributed by atoms with Gasteiger partial charge in [0.2, 0.25) is 0 Å². The van der Waals surface area contributed by atoms with Crippen LogP contribution in [0.15, 0.2) is 126 Å². The van der Waals surface area contributed by atoms with Crippen molar-refractivity contribution in [3.63, 3.8) is 0 Å². The molecule has 1 aliphatic heterocycles. The highest BCUT2D eigenvalue weighted by molar-refractivity contribution is 6.62. The normalized spacial score (nSPS) is 16.7. The topological polar surface area (TPSA) is 43.2 Å². The minimum absolute atomic E-state index is 0.385. The summed E-state index contributed by atoms with van der Waals surface area (Å²) >= 11 is 0. The molecule has 0 aliphatic carbocycles. The molecule has 1 heterocycles. The SMILES string of the molecule is C=C(N=C(N=C(C)c1ccccc1)c1ccc(-c2ccccc2)cc1)c1ccc(B2OC(C)(C)C(C)(C)O2)cc1. The maximum atomic E-state index is 6.21. The van der Waals surface area contributed by atoms with Gasteiger partial charge in [-0.1, -0.05) is 116 Å². The van der Waals surface area contributed by atoms with E-state index in [-0.39, 0.29) is 11.2 Å². The largest absolute Gasteiger partial charge is 0.494 e. The lowest BCUT2D eigenvalue weighted by Gasteiger charge is -2.32. The summed E-state index contributed by atoms with van der Waals surface area (Å²) in [6, 6.07) is 36.9. The van der Waals surface area contributed by atoms with Crippen LogP contribution in [0.25, 0.3) is 16.8 Å². The van der Waals surface area contributed by atoms with Crippen molar-refractivity contribution in [2.45, 2.75) is 45.8 Å². The molecule has 0 aromatic heterocycles. The van der Waals surface area contributed by atoms with Crippen LogP contribution in [-0.4, -0.2) is 29.9 Å². The van der Waals surface area contributed by atoms with Crippen molar-refractivity contribution < 1.29 is 9.31 Å². The van der Waals surface area contributed by atoms with Crippen LogP contribution in [0, 0.1) is 0 Å². The lowest BCUT2D eigenvalue weighted by Crippen LogP contribution is -2.41. The summed E-state index contributed by atoms with van der Waals surface area (Å²) in [5.74, 6) is 0.612. The third-order valence-electron chi connectivity index (χ3n) is 7.73. The van der Waals surface area contributed by atoms with Gasteiger partial charge >= 0.3 is 7.12 Å². The number of aliphatic imine (C=N–C) groups is 2. The average Bonchev–Trinajstić information content (AvgIpc) is 3.20. The first-order valence-electron chi connectivity index (χ1n) is 13.6. The molecule has 4 aromatic carbocycles. The predicted molar refractivity (Wildman–Crippen MR) is 168 cm³/mol. The Morgan fingerprint density at radius 3 is 1.68 bits per heavy atom. The number of nitrogens with zero attached hydrogens (tertiary/aromatic N) is 2. The molecular weight excluding hydrogens is 491 g/mol. The van der Waals surface area contributed by atoms with Gasteiger partial charge in [0.25, 0.3) is 0 Å². The Hall–Kier alpha value is -4.06. The lowest BCUT2D eigenvalue weighted by atomic mass is 9.79. The zero-order chi connectivity index (χ0) is 28.3. The second-order valence-corrected chi connectivity index (χ2v) is 11.1. The second kappa shape index (κ2) is 11.2. The molecule has 0 saturated carbocycles. The molecule has 0 N–H and O–H groups in total. The maximum Gasteiger partial charge on any atom is 0.494 e. The number of hydrogen-bond donors (Lipinski definition) is 0. The lowest BCUT2D eigenvalue weighted by molar-refractivity contribution is 0.00578. The second-order valence-electron chi connectivity index (χ2n) is 11.1. The summed E-state index contributed by atoms with van der Waals surface area (Å²) in [5, 5.41) is 0. The van der Waals surface area contributed by atoms with Crippen molar-refractivity contribution in [2.24, 2.45) is 9.98 Å². The van der Waals surface area contributed by atoms with Crippen LogP contribution < -0.4 is 5.46 Å². The zero-order valence-corrected chi connectivity index (χ0v) is 23.9. The van der Waals surface area contributed by atoms with Crippen LogP contribution in [-0.2, 0) is 9.31 Å². The van der Waals surface area contributed by atoms with Gasteiger partial charge in [-0.3, -0.25) is 0 Å². The van der Waals surface area contributed by atoms with Gasteiger partial charge in [-0.05, 0) is 62.3 Å². The summed E-state index contributed by atoms with van der Waals surface area (Å²) in [6.07, 6.45) is 0. The van der Waals surface area contributed by atoms with Crippen LogP contribution >= 0.6 is 0 Å². The highest BCUT2D eigenvalue weighted by Crippen LogP contribution is 2.36. The van der Waals surface area contributed by atoms with Gasteiger partial charge in [0, 0.05) is 11.3 Å². The Morgan fingerprint density at radius 2 is 1.10 bits per heavy atom. The van der Waals surface area contributed by atoms with Crippen LogP contribution in [0.2, 0.25) is 0 Å². The van der Waals surface area contributed by atoms with E-state index in [4.69, 9.17) is 19.3 Å². The highest BCUT2D eigenvalue weighted by Gasteiger charge is 2.51. The molecule has 0 radical (unpaired) electrons. The minimum atomic E-state index is -0.410. The molecule has 5 rings (SSSR count). The van der Waals surface area contributed by atoms with E-state index >= 15 is 0 Å². The Bertz CT molecular complexity index is 1520. The van der Waals surface area contributed by atoms with E-state index in [1.54, 1.807) is 0 Å². The summed E-state index contributed by atoms with van der Waals surface area (Å²) in [5.41, 5.74) is 6.90.